The van der Waals surface area contributed by atoms with Gasteiger partial charge in [0, 0.05) is 61.5 Å². The summed E-state index contributed by atoms with van der Waals surface area (Å²) in [4.78, 5) is 29.5. The SMILES string of the molecule is N#CCCn1cc(C=CC(=O)N2CCN(C(=O)c3cccs3)CC2)c2ccccc21. The highest BCUT2D eigenvalue weighted by Gasteiger charge is 2.24. The average Bonchev–Trinajstić information content (AvgIpc) is 3.44. The Kier molecular flexibility index (Phi) is 5.96. The van der Waals surface area contributed by atoms with E-state index in [-0.39, 0.29) is 11.8 Å². The summed E-state index contributed by atoms with van der Waals surface area (Å²) in [6.45, 7) is 2.78. The fourth-order valence-corrected chi connectivity index (χ4v) is 4.41. The smallest absolute Gasteiger partial charge is 0.264 e. The fraction of sp³-hybridized carbons (Fsp3) is 0.261. The number of amides is 2. The first-order chi connectivity index (χ1) is 14.7. The summed E-state index contributed by atoms with van der Waals surface area (Å²) < 4.78 is 2.05. The van der Waals surface area contributed by atoms with E-state index < -0.39 is 0 Å². The zero-order valence-electron chi connectivity index (χ0n) is 16.5. The van der Waals surface area contributed by atoms with Crippen molar-refractivity contribution < 1.29 is 9.59 Å². The summed E-state index contributed by atoms with van der Waals surface area (Å²) in [5, 5.41) is 11.8. The maximum atomic E-state index is 12.7. The molecule has 3 heterocycles. The summed E-state index contributed by atoms with van der Waals surface area (Å²) >= 11 is 1.44. The molecule has 0 unspecified atom stereocenters. The van der Waals surface area contributed by atoms with Crippen molar-refractivity contribution in [1.82, 2.24) is 14.4 Å². The Hall–Kier alpha value is -3.37. The standard InChI is InChI=1S/C23H22N4O2S/c24-10-4-11-27-17-18(19-5-1-2-6-20(19)27)8-9-22(28)25-12-14-26(15-13-25)23(29)21-7-3-16-30-21/h1-3,5-9,16-17H,4,11-15H2. The molecule has 1 aliphatic heterocycles. The van der Waals surface area contributed by atoms with Crippen LogP contribution < -0.4 is 0 Å². The number of piperazine rings is 1. The number of aryl methyl sites for hydroxylation is 1. The average molecular weight is 419 g/mol. The second-order valence-corrected chi connectivity index (χ2v) is 8.08. The van der Waals surface area contributed by atoms with Crippen LogP contribution in [0.4, 0.5) is 0 Å². The van der Waals surface area contributed by atoms with Gasteiger partial charge in [-0.25, -0.2) is 0 Å². The molecule has 0 saturated carbocycles. The van der Waals surface area contributed by atoms with Crippen molar-refractivity contribution in [3.05, 3.63) is 64.5 Å². The summed E-state index contributed by atoms with van der Waals surface area (Å²) in [7, 11) is 0. The number of rotatable bonds is 5. The zero-order chi connectivity index (χ0) is 20.9. The number of carbonyl (C=O) groups excluding carboxylic acids is 2. The van der Waals surface area contributed by atoms with E-state index in [1.54, 1.807) is 11.0 Å². The Morgan fingerprint density at radius 3 is 2.57 bits per heavy atom. The van der Waals surface area contributed by atoms with Crippen molar-refractivity contribution in [3.8, 4) is 6.07 Å². The Labute approximate surface area is 179 Å². The van der Waals surface area contributed by atoms with E-state index >= 15 is 0 Å². The van der Waals surface area contributed by atoms with E-state index in [0.717, 1.165) is 21.3 Å². The molecular weight excluding hydrogens is 396 g/mol. The number of para-hydroxylation sites is 1. The lowest BCUT2D eigenvalue weighted by atomic mass is 10.1. The predicted molar refractivity (Wildman–Crippen MR) is 118 cm³/mol. The van der Waals surface area contributed by atoms with E-state index in [0.29, 0.717) is 39.1 Å². The predicted octanol–water partition coefficient (Wildman–Crippen LogP) is 3.61. The molecule has 6 nitrogen and oxygen atoms in total. The lowest BCUT2D eigenvalue weighted by Crippen LogP contribution is -2.50. The molecule has 7 heteroatoms. The second kappa shape index (κ2) is 8.97. The van der Waals surface area contributed by atoms with Crippen LogP contribution in [0.2, 0.25) is 0 Å². The molecule has 4 rings (SSSR count). The maximum Gasteiger partial charge on any atom is 0.264 e. The molecule has 0 aliphatic carbocycles. The minimum Gasteiger partial charge on any atom is -0.346 e. The van der Waals surface area contributed by atoms with Crippen LogP contribution in [-0.2, 0) is 11.3 Å². The van der Waals surface area contributed by atoms with Gasteiger partial charge in [-0.05, 0) is 23.6 Å². The summed E-state index contributed by atoms with van der Waals surface area (Å²) in [6.07, 6.45) is 5.88. The van der Waals surface area contributed by atoms with Gasteiger partial charge in [0.2, 0.25) is 5.91 Å². The first-order valence-electron chi connectivity index (χ1n) is 9.92. The van der Waals surface area contributed by atoms with Gasteiger partial charge >= 0.3 is 0 Å². The molecule has 1 saturated heterocycles. The first-order valence-corrected chi connectivity index (χ1v) is 10.8. The van der Waals surface area contributed by atoms with Crippen LogP contribution in [0.5, 0.6) is 0 Å². The van der Waals surface area contributed by atoms with Crippen LogP contribution >= 0.6 is 11.3 Å². The number of carbonyl (C=O) groups is 2. The monoisotopic (exact) mass is 418 g/mol. The molecule has 0 bridgehead atoms. The molecule has 0 radical (unpaired) electrons. The van der Waals surface area contributed by atoms with E-state index in [9.17, 15) is 9.59 Å². The zero-order valence-corrected chi connectivity index (χ0v) is 17.3. The van der Waals surface area contributed by atoms with Gasteiger partial charge in [0.05, 0.1) is 17.4 Å². The number of hydrogen-bond donors (Lipinski definition) is 0. The Balaban J connectivity index is 1.41. The Morgan fingerprint density at radius 1 is 1.07 bits per heavy atom. The number of thiophene rings is 1. The number of aromatic nitrogens is 1. The molecule has 30 heavy (non-hydrogen) atoms. The van der Waals surface area contributed by atoms with Gasteiger partial charge in [0.1, 0.15) is 0 Å². The molecule has 2 amide bonds. The Bertz CT molecular complexity index is 1120. The quantitative estimate of drug-likeness (QED) is 0.595. The minimum absolute atomic E-state index is 0.0396. The van der Waals surface area contributed by atoms with Gasteiger partial charge in [0.25, 0.3) is 5.91 Å². The van der Waals surface area contributed by atoms with Crippen molar-refractivity contribution in [2.45, 2.75) is 13.0 Å². The molecular formula is C23H22N4O2S. The normalized spacial score (nSPS) is 14.4. The van der Waals surface area contributed by atoms with Gasteiger partial charge in [-0.2, -0.15) is 5.26 Å². The highest BCUT2D eigenvalue weighted by molar-refractivity contribution is 7.12. The third kappa shape index (κ3) is 4.14. The van der Waals surface area contributed by atoms with Crippen molar-refractivity contribution in [1.29, 1.82) is 5.26 Å². The van der Waals surface area contributed by atoms with Gasteiger partial charge in [-0.3, -0.25) is 9.59 Å². The summed E-state index contributed by atoms with van der Waals surface area (Å²) in [5.41, 5.74) is 2.02. The van der Waals surface area contributed by atoms with Crippen LogP contribution in [0, 0.1) is 11.3 Å². The molecule has 1 aromatic carbocycles. The first kappa shape index (κ1) is 19.9. The van der Waals surface area contributed by atoms with Crippen molar-refractivity contribution >= 4 is 40.1 Å². The van der Waals surface area contributed by atoms with Crippen LogP contribution in [0.25, 0.3) is 17.0 Å². The largest absolute Gasteiger partial charge is 0.346 e. The molecule has 2 aromatic heterocycles. The lowest BCUT2D eigenvalue weighted by Gasteiger charge is -2.34. The number of nitriles is 1. The third-order valence-electron chi connectivity index (χ3n) is 5.30. The van der Waals surface area contributed by atoms with Crippen LogP contribution in [0.3, 0.4) is 0 Å². The van der Waals surface area contributed by atoms with Crippen molar-refractivity contribution in [3.63, 3.8) is 0 Å². The number of benzene rings is 1. The van der Waals surface area contributed by atoms with Gasteiger partial charge < -0.3 is 14.4 Å². The molecule has 1 fully saturated rings. The molecule has 0 atom stereocenters. The van der Waals surface area contributed by atoms with Crippen molar-refractivity contribution in [2.24, 2.45) is 0 Å². The van der Waals surface area contributed by atoms with E-state index in [2.05, 4.69) is 10.6 Å². The topological polar surface area (TPSA) is 69.3 Å². The minimum atomic E-state index is -0.0490. The van der Waals surface area contributed by atoms with Gasteiger partial charge in [-0.15, -0.1) is 11.3 Å². The van der Waals surface area contributed by atoms with Crippen LogP contribution in [0.15, 0.2) is 54.1 Å². The van der Waals surface area contributed by atoms with Crippen LogP contribution in [-0.4, -0.2) is 52.4 Å². The van der Waals surface area contributed by atoms with Crippen molar-refractivity contribution in [2.75, 3.05) is 26.2 Å². The number of hydrogen-bond acceptors (Lipinski definition) is 4. The van der Waals surface area contributed by atoms with E-state index in [4.69, 9.17) is 5.26 Å². The number of fused-ring (bicyclic) bond motifs is 1. The highest BCUT2D eigenvalue weighted by Crippen LogP contribution is 2.23. The molecule has 152 valence electrons. The van der Waals surface area contributed by atoms with E-state index in [1.165, 1.54) is 11.3 Å². The molecule has 0 spiro atoms. The lowest BCUT2D eigenvalue weighted by molar-refractivity contribution is -0.127. The maximum absolute atomic E-state index is 12.7. The molecule has 0 N–H and O–H groups in total. The van der Waals surface area contributed by atoms with Crippen LogP contribution in [0.1, 0.15) is 21.7 Å². The molecule has 1 aliphatic rings. The van der Waals surface area contributed by atoms with Gasteiger partial charge in [-0.1, -0.05) is 24.3 Å². The molecule has 3 aromatic rings. The second-order valence-electron chi connectivity index (χ2n) is 7.13. The summed E-state index contributed by atoms with van der Waals surface area (Å²) in [5.74, 6) is -0.00935. The summed E-state index contributed by atoms with van der Waals surface area (Å²) in [6, 6.07) is 13.9. The highest BCUT2D eigenvalue weighted by atomic mass is 32.1. The van der Waals surface area contributed by atoms with Gasteiger partial charge in [0.15, 0.2) is 0 Å². The Morgan fingerprint density at radius 2 is 1.83 bits per heavy atom. The third-order valence-corrected chi connectivity index (χ3v) is 6.16. The number of nitrogens with zero attached hydrogens (tertiary/aromatic N) is 4. The fourth-order valence-electron chi connectivity index (χ4n) is 3.72. The van der Waals surface area contributed by atoms with E-state index in [1.807, 2.05) is 59.0 Å².